The number of benzene rings is 2. The van der Waals surface area contributed by atoms with Crippen LogP contribution in [0.4, 0.5) is 26.3 Å². The van der Waals surface area contributed by atoms with Crippen LogP contribution in [0.1, 0.15) is 11.1 Å². The first kappa shape index (κ1) is 19.2. The molecule has 1 aromatic heterocycles. The van der Waals surface area contributed by atoms with E-state index in [1.807, 2.05) is 0 Å². The summed E-state index contributed by atoms with van der Waals surface area (Å²) in [6.45, 7) is 0. The summed E-state index contributed by atoms with van der Waals surface area (Å²) in [6, 6.07) is 10.6. The molecule has 0 fully saturated rings. The van der Waals surface area contributed by atoms with Gasteiger partial charge in [0.2, 0.25) is 0 Å². The van der Waals surface area contributed by atoms with E-state index >= 15 is 0 Å². The normalized spacial score (nSPS) is 12.3. The summed E-state index contributed by atoms with van der Waals surface area (Å²) in [7, 11) is 0. The lowest BCUT2D eigenvalue weighted by atomic mass is 9.95. The van der Waals surface area contributed by atoms with Gasteiger partial charge in [-0.2, -0.15) is 26.3 Å². The molecule has 0 saturated carbocycles. The van der Waals surface area contributed by atoms with Crippen LogP contribution in [0.25, 0.3) is 22.3 Å². The highest BCUT2D eigenvalue weighted by Gasteiger charge is 2.35. The highest BCUT2D eigenvalue weighted by atomic mass is 35.5. The van der Waals surface area contributed by atoms with Crippen LogP contribution in [0.15, 0.2) is 60.8 Å². The molecule has 1 nitrogen and oxygen atoms in total. The lowest BCUT2D eigenvalue weighted by Gasteiger charge is -2.16. The van der Waals surface area contributed by atoms with Gasteiger partial charge in [-0.25, -0.2) is 4.98 Å². The van der Waals surface area contributed by atoms with Gasteiger partial charge in [-0.15, -0.1) is 0 Å². The fraction of sp³-hybridized carbons (Fsp3) is 0.105. The van der Waals surface area contributed by atoms with Crippen LogP contribution in [0, 0.1) is 0 Å². The van der Waals surface area contributed by atoms with Gasteiger partial charge in [0.1, 0.15) is 5.15 Å². The predicted octanol–water partition coefficient (Wildman–Crippen LogP) is 7.11. The molecule has 27 heavy (non-hydrogen) atoms. The van der Waals surface area contributed by atoms with Crippen LogP contribution in [0.5, 0.6) is 0 Å². The molecule has 0 aliphatic carbocycles. The van der Waals surface area contributed by atoms with Gasteiger partial charge < -0.3 is 0 Å². The average Bonchev–Trinajstić information content (AvgIpc) is 2.61. The Balaban J connectivity index is 2.23. The molecular weight excluding hydrogens is 392 g/mol. The zero-order valence-corrected chi connectivity index (χ0v) is 14.1. The highest BCUT2D eigenvalue weighted by Crippen LogP contribution is 2.42. The largest absolute Gasteiger partial charge is 0.417 e. The maximum atomic E-state index is 13.3. The smallest absolute Gasteiger partial charge is 0.243 e. The Morgan fingerprint density at radius 1 is 0.667 bits per heavy atom. The first-order valence-electron chi connectivity index (χ1n) is 7.58. The minimum Gasteiger partial charge on any atom is -0.243 e. The monoisotopic (exact) mass is 401 g/mol. The number of halogens is 7. The summed E-state index contributed by atoms with van der Waals surface area (Å²) in [5.74, 6) is 0. The summed E-state index contributed by atoms with van der Waals surface area (Å²) >= 11 is 5.97. The van der Waals surface area contributed by atoms with Crippen LogP contribution >= 0.6 is 11.6 Å². The van der Waals surface area contributed by atoms with Crippen molar-refractivity contribution in [1.82, 2.24) is 4.98 Å². The van der Waals surface area contributed by atoms with Crippen LogP contribution in [-0.4, -0.2) is 4.98 Å². The summed E-state index contributed by atoms with van der Waals surface area (Å²) in [5, 5.41) is -0.236. The summed E-state index contributed by atoms with van der Waals surface area (Å²) in [6.07, 6.45) is -8.17. The van der Waals surface area contributed by atoms with Gasteiger partial charge in [0.25, 0.3) is 0 Å². The topological polar surface area (TPSA) is 12.9 Å². The number of hydrogen-bond donors (Lipinski definition) is 0. The third kappa shape index (κ3) is 3.93. The van der Waals surface area contributed by atoms with E-state index in [4.69, 9.17) is 11.6 Å². The molecule has 0 amide bonds. The van der Waals surface area contributed by atoms with E-state index in [9.17, 15) is 26.3 Å². The third-order valence-corrected chi connectivity index (χ3v) is 4.21. The van der Waals surface area contributed by atoms with Gasteiger partial charge >= 0.3 is 12.4 Å². The minimum absolute atomic E-state index is 0.0132. The minimum atomic E-state index is -4.65. The van der Waals surface area contributed by atoms with Crippen LogP contribution in [-0.2, 0) is 12.4 Å². The highest BCUT2D eigenvalue weighted by molar-refractivity contribution is 6.32. The van der Waals surface area contributed by atoms with Gasteiger partial charge in [-0.05, 0) is 29.3 Å². The quantitative estimate of drug-likeness (QED) is 0.329. The molecule has 3 aromatic rings. The fourth-order valence-electron chi connectivity index (χ4n) is 2.73. The van der Waals surface area contributed by atoms with E-state index < -0.39 is 23.5 Å². The Labute approximate surface area is 155 Å². The predicted molar refractivity (Wildman–Crippen MR) is 90.1 cm³/mol. The Hall–Kier alpha value is -2.54. The second-order valence-electron chi connectivity index (χ2n) is 5.65. The Morgan fingerprint density at radius 2 is 1.15 bits per heavy atom. The lowest BCUT2D eigenvalue weighted by molar-refractivity contribution is -0.137. The van der Waals surface area contributed by atoms with E-state index in [1.54, 1.807) is 0 Å². The van der Waals surface area contributed by atoms with Crippen molar-refractivity contribution in [3.63, 3.8) is 0 Å². The van der Waals surface area contributed by atoms with Crippen molar-refractivity contribution in [2.24, 2.45) is 0 Å². The molecule has 0 bridgehead atoms. The van der Waals surface area contributed by atoms with Gasteiger partial charge in [0.15, 0.2) is 0 Å². The molecule has 3 rings (SSSR count). The zero-order valence-electron chi connectivity index (χ0n) is 13.4. The molecule has 0 atom stereocenters. The molecular formula is C19H10ClF6N. The fourth-order valence-corrected chi connectivity index (χ4v) is 2.94. The number of alkyl halides is 6. The zero-order chi connectivity index (χ0) is 19.8. The molecule has 8 heteroatoms. The Bertz CT molecular complexity index is 978. The second kappa shape index (κ2) is 6.88. The maximum absolute atomic E-state index is 13.3. The van der Waals surface area contributed by atoms with E-state index in [0.29, 0.717) is 0 Å². The first-order valence-corrected chi connectivity index (χ1v) is 7.95. The van der Waals surface area contributed by atoms with Crippen molar-refractivity contribution in [2.75, 3.05) is 0 Å². The molecule has 140 valence electrons. The van der Waals surface area contributed by atoms with Crippen LogP contribution < -0.4 is 0 Å². The Kier molecular flexibility index (Phi) is 4.90. The van der Waals surface area contributed by atoms with Gasteiger partial charge in [-0.3, -0.25) is 0 Å². The average molecular weight is 402 g/mol. The molecule has 1 heterocycles. The van der Waals surface area contributed by atoms with E-state index in [1.165, 1.54) is 42.5 Å². The number of nitrogens with zero attached hydrogens (tertiary/aromatic N) is 1. The Morgan fingerprint density at radius 3 is 1.70 bits per heavy atom. The first-order chi connectivity index (χ1) is 12.6. The van der Waals surface area contributed by atoms with Gasteiger partial charge in [-0.1, -0.05) is 48.0 Å². The molecule has 0 radical (unpaired) electrons. The van der Waals surface area contributed by atoms with E-state index in [0.717, 1.165) is 18.3 Å². The molecule has 0 unspecified atom stereocenters. The number of rotatable bonds is 2. The van der Waals surface area contributed by atoms with Crippen molar-refractivity contribution in [2.45, 2.75) is 12.4 Å². The molecule has 2 aromatic carbocycles. The number of pyridine rings is 1. The maximum Gasteiger partial charge on any atom is 0.417 e. The molecule has 0 aliphatic rings. The van der Waals surface area contributed by atoms with E-state index in [-0.39, 0.29) is 27.4 Å². The second-order valence-corrected chi connectivity index (χ2v) is 6.01. The summed E-state index contributed by atoms with van der Waals surface area (Å²) < 4.78 is 79.7. The summed E-state index contributed by atoms with van der Waals surface area (Å²) in [4.78, 5) is 3.81. The molecule has 0 spiro atoms. The van der Waals surface area contributed by atoms with Crippen molar-refractivity contribution in [3.8, 4) is 22.3 Å². The number of aromatic nitrogens is 1. The SMILES string of the molecule is FC(F)(F)c1ccccc1-c1cnc(Cl)c(-c2ccccc2C(F)(F)F)c1. The molecule has 0 N–H and O–H groups in total. The van der Waals surface area contributed by atoms with Crippen molar-refractivity contribution >= 4 is 11.6 Å². The standard InChI is InChI=1S/C19H10ClF6N/c20-17-14(13-6-2-4-8-16(13)19(24,25)26)9-11(10-27-17)12-5-1-3-7-15(12)18(21,22)23/h1-10H. The van der Waals surface area contributed by atoms with Crippen LogP contribution in [0.2, 0.25) is 5.15 Å². The van der Waals surface area contributed by atoms with Gasteiger partial charge in [0.05, 0.1) is 11.1 Å². The lowest BCUT2D eigenvalue weighted by Crippen LogP contribution is -2.08. The number of hydrogen-bond acceptors (Lipinski definition) is 1. The summed E-state index contributed by atoms with van der Waals surface area (Å²) in [5.41, 5.74) is -2.40. The van der Waals surface area contributed by atoms with Crippen LogP contribution in [0.3, 0.4) is 0 Å². The molecule has 0 aliphatic heterocycles. The van der Waals surface area contributed by atoms with Gasteiger partial charge in [0, 0.05) is 17.3 Å². The van der Waals surface area contributed by atoms with E-state index in [2.05, 4.69) is 4.98 Å². The van der Waals surface area contributed by atoms with Crippen molar-refractivity contribution in [1.29, 1.82) is 0 Å². The van der Waals surface area contributed by atoms with Crippen molar-refractivity contribution in [3.05, 3.63) is 77.1 Å². The van der Waals surface area contributed by atoms with Crippen molar-refractivity contribution < 1.29 is 26.3 Å². The third-order valence-electron chi connectivity index (χ3n) is 3.91. The molecule has 0 saturated heterocycles.